The Morgan fingerprint density at radius 3 is 2.61 bits per heavy atom. The van der Waals surface area contributed by atoms with Gasteiger partial charge < -0.3 is 14.6 Å². The minimum atomic E-state index is -0.647. The van der Waals surface area contributed by atoms with Crippen LogP contribution in [0.25, 0.3) is 0 Å². The molecule has 1 aliphatic rings. The summed E-state index contributed by atoms with van der Waals surface area (Å²) >= 11 is 0. The van der Waals surface area contributed by atoms with Crippen LogP contribution in [0.5, 0.6) is 5.75 Å². The summed E-state index contributed by atoms with van der Waals surface area (Å²) in [5.41, 5.74) is 1.54. The molecule has 5 nitrogen and oxygen atoms in total. The largest absolute Gasteiger partial charge is 0.491 e. The highest BCUT2D eigenvalue weighted by Crippen LogP contribution is 2.32. The van der Waals surface area contributed by atoms with Crippen LogP contribution in [0.15, 0.2) is 48.5 Å². The SMILES string of the molecule is CCOC(=O)c1ccc(OC[C@H](O)CN2CCC[C@H]2c2ccc(F)cc2)cc1. The number of hydrogen-bond donors (Lipinski definition) is 1. The molecule has 2 aromatic carbocycles. The lowest BCUT2D eigenvalue weighted by Gasteiger charge is -2.27. The van der Waals surface area contributed by atoms with E-state index in [9.17, 15) is 14.3 Å². The molecule has 28 heavy (non-hydrogen) atoms. The molecule has 2 aromatic rings. The first-order chi connectivity index (χ1) is 13.6. The molecular weight excluding hydrogens is 361 g/mol. The third-order valence-electron chi connectivity index (χ3n) is 4.87. The Labute approximate surface area is 164 Å². The number of carbonyl (C=O) groups is 1. The summed E-state index contributed by atoms with van der Waals surface area (Å²) in [6.45, 7) is 3.64. The molecule has 1 heterocycles. The number of aliphatic hydroxyl groups is 1. The maximum atomic E-state index is 13.2. The number of benzene rings is 2. The first kappa shape index (κ1) is 20.3. The van der Waals surface area contributed by atoms with Crippen LogP contribution in [0, 0.1) is 5.82 Å². The Morgan fingerprint density at radius 1 is 1.21 bits per heavy atom. The zero-order valence-corrected chi connectivity index (χ0v) is 16.0. The standard InChI is InChI=1S/C22H26FNO4/c1-2-27-22(26)17-7-11-20(12-8-17)28-15-19(25)14-24-13-3-4-21(24)16-5-9-18(23)10-6-16/h5-12,19,21,25H,2-4,13-15H2,1H3/t19-,21+/m1/s1. The van der Waals surface area contributed by atoms with Crippen molar-refractivity contribution in [2.24, 2.45) is 0 Å². The molecule has 3 rings (SSSR count). The van der Waals surface area contributed by atoms with Crippen LogP contribution in [0.1, 0.15) is 41.7 Å². The molecular formula is C22H26FNO4. The molecule has 2 atom stereocenters. The molecule has 1 saturated heterocycles. The van der Waals surface area contributed by atoms with Crippen molar-refractivity contribution in [2.45, 2.75) is 31.9 Å². The van der Waals surface area contributed by atoms with E-state index in [1.54, 1.807) is 31.2 Å². The Bertz CT molecular complexity index is 763. The van der Waals surface area contributed by atoms with Gasteiger partial charge in [0.05, 0.1) is 12.2 Å². The van der Waals surface area contributed by atoms with Crippen LogP contribution in [-0.4, -0.2) is 48.4 Å². The van der Waals surface area contributed by atoms with E-state index >= 15 is 0 Å². The van der Waals surface area contributed by atoms with E-state index in [1.165, 1.54) is 12.1 Å². The molecule has 0 unspecified atom stereocenters. The second-order valence-corrected chi connectivity index (χ2v) is 6.91. The van der Waals surface area contributed by atoms with Crippen LogP contribution in [0.4, 0.5) is 4.39 Å². The van der Waals surface area contributed by atoms with Gasteiger partial charge in [0, 0.05) is 12.6 Å². The third-order valence-corrected chi connectivity index (χ3v) is 4.87. The van der Waals surface area contributed by atoms with E-state index in [1.807, 2.05) is 12.1 Å². The summed E-state index contributed by atoms with van der Waals surface area (Å²) in [5.74, 6) is -0.0192. The molecule has 0 bridgehead atoms. The van der Waals surface area contributed by atoms with E-state index in [4.69, 9.17) is 9.47 Å². The summed E-state index contributed by atoms with van der Waals surface area (Å²) in [4.78, 5) is 13.9. The lowest BCUT2D eigenvalue weighted by molar-refractivity contribution is 0.0525. The lowest BCUT2D eigenvalue weighted by Crippen LogP contribution is -2.35. The minimum Gasteiger partial charge on any atom is -0.491 e. The summed E-state index contributed by atoms with van der Waals surface area (Å²) in [5, 5.41) is 10.4. The Kier molecular flexibility index (Phi) is 7.01. The van der Waals surface area contributed by atoms with Gasteiger partial charge in [0.15, 0.2) is 0 Å². The van der Waals surface area contributed by atoms with Crippen molar-refractivity contribution in [2.75, 3.05) is 26.3 Å². The number of β-amino-alcohol motifs (C(OH)–C–C–N with tert-alkyl or cyclic N) is 1. The number of rotatable bonds is 8. The minimum absolute atomic E-state index is 0.158. The average molecular weight is 387 g/mol. The van der Waals surface area contributed by atoms with Gasteiger partial charge in [0.1, 0.15) is 24.3 Å². The topological polar surface area (TPSA) is 59.0 Å². The molecule has 6 heteroatoms. The van der Waals surface area contributed by atoms with Crippen molar-refractivity contribution in [1.29, 1.82) is 0 Å². The first-order valence-electron chi connectivity index (χ1n) is 9.64. The smallest absolute Gasteiger partial charge is 0.338 e. The van der Waals surface area contributed by atoms with Crippen molar-refractivity contribution in [1.82, 2.24) is 4.90 Å². The van der Waals surface area contributed by atoms with E-state index in [0.717, 1.165) is 24.9 Å². The van der Waals surface area contributed by atoms with Gasteiger partial charge in [0.2, 0.25) is 0 Å². The molecule has 0 aromatic heterocycles. The molecule has 0 saturated carbocycles. The third kappa shape index (κ3) is 5.30. The highest BCUT2D eigenvalue weighted by atomic mass is 19.1. The van der Waals surface area contributed by atoms with Crippen LogP contribution < -0.4 is 4.74 Å². The number of carbonyl (C=O) groups excluding carboxylic acids is 1. The number of hydrogen-bond acceptors (Lipinski definition) is 5. The molecule has 1 aliphatic heterocycles. The van der Waals surface area contributed by atoms with Crippen LogP contribution >= 0.6 is 0 Å². The van der Waals surface area contributed by atoms with Gasteiger partial charge in [-0.25, -0.2) is 9.18 Å². The number of aliphatic hydroxyl groups excluding tert-OH is 1. The van der Waals surface area contributed by atoms with Gasteiger partial charge in [-0.3, -0.25) is 4.90 Å². The number of esters is 1. The molecule has 1 fully saturated rings. The summed E-state index contributed by atoms with van der Waals surface area (Å²) in [7, 11) is 0. The van der Waals surface area contributed by atoms with Gasteiger partial charge in [-0.2, -0.15) is 0 Å². The summed E-state index contributed by atoms with van der Waals surface area (Å²) in [6, 6.07) is 13.4. The van der Waals surface area contributed by atoms with Gasteiger partial charge >= 0.3 is 5.97 Å². The number of ether oxygens (including phenoxy) is 2. The number of nitrogens with zero attached hydrogens (tertiary/aromatic N) is 1. The van der Waals surface area contributed by atoms with E-state index in [-0.39, 0.29) is 24.4 Å². The fraction of sp³-hybridized carbons (Fsp3) is 0.409. The van der Waals surface area contributed by atoms with E-state index in [0.29, 0.717) is 24.5 Å². The van der Waals surface area contributed by atoms with Crippen LogP contribution in [0.2, 0.25) is 0 Å². The predicted molar refractivity (Wildman–Crippen MR) is 104 cm³/mol. The molecule has 0 aliphatic carbocycles. The molecule has 0 radical (unpaired) electrons. The maximum absolute atomic E-state index is 13.2. The molecule has 1 N–H and O–H groups in total. The van der Waals surface area contributed by atoms with Gasteiger partial charge in [0.25, 0.3) is 0 Å². The number of halogens is 1. The van der Waals surface area contributed by atoms with Crippen LogP contribution in [-0.2, 0) is 4.74 Å². The monoisotopic (exact) mass is 387 g/mol. The highest BCUT2D eigenvalue weighted by Gasteiger charge is 2.27. The van der Waals surface area contributed by atoms with Crippen LogP contribution in [0.3, 0.4) is 0 Å². The molecule has 150 valence electrons. The second kappa shape index (κ2) is 9.66. The summed E-state index contributed by atoms with van der Waals surface area (Å²) < 4.78 is 23.8. The van der Waals surface area contributed by atoms with Crippen molar-refractivity contribution < 1.29 is 23.8 Å². The van der Waals surface area contributed by atoms with E-state index < -0.39 is 6.10 Å². The maximum Gasteiger partial charge on any atom is 0.338 e. The van der Waals surface area contributed by atoms with E-state index in [2.05, 4.69) is 4.90 Å². The normalized spacial score (nSPS) is 18.0. The van der Waals surface area contributed by atoms with Gasteiger partial charge in [-0.1, -0.05) is 12.1 Å². The van der Waals surface area contributed by atoms with Crippen molar-refractivity contribution in [3.63, 3.8) is 0 Å². The van der Waals surface area contributed by atoms with Gasteiger partial charge in [-0.15, -0.1) is 0 Å². The Balaban J connectivity index is 1.50. The Morgan fingerprint density at radius 2 is 1.93 bits per heavy atom. The zero-order chi connectivity index (χ0) is 19.9. The van der Waals surface area contributed by atoms with Crippen molar-refractivity contribution in [3.05, 3.63) is 65.5 Å². The quantitative estimate of drug-likeness (QED) is 0.702. The predicted octanol–water partition coefficient (Wildman–Crippen LogP) is 3.58. The second-order valence-electron chi connectivity index (χ2n) is 6.91. The van der Waals surface area contributed by atoms with Crippen molar-refractivity contribution >= 4 is 5.97 Å². The highest BCUT2D eigenvalue weighted by molar-refractivity contribution is 5.89. The van der Waals surface area contributed by atoms with Crippen molar-refractivity contribution in [3.8, 4) is 5.75 Å². The number of likely N-dealkylation sites (tertiary alicyclic amines) is 1. The summed E-state index contributed by atoms with van der Waals surface area (Å²) in [6.07, 6.45) is 1.39. The molecule has 0 spiro atoms. The van der Waals surface area contributed by atoms with Gasteiger partial charge in [-0.05, 0) is 68.3 Å². The fourth-order valence-electron chi connectivity index (χ4n) is 3.52. The fourth-order valence-corrected chi connectivity index (χ4v) is 3.52. The molecule has 0 amide bonds. The first-order valence-corrected chi connectivity index (χ1v) is 9.64. The average Bonchev–Trinajstić information content (AvgIpc) is 3.15. The zero-order valence-electron chi connectivity index (χ0n) is 16.0. The lowest BCUT2D eigenvalue weighted by atomic mass is 10.0. The Hall–Kier alpha value is -2.44.